The van der Waals surface area contributed by atoms with Gasteiger partial charge in [0, 0.05) is 6.92 Å². The second-order valence-corrected chi connectivity index (χ2v) is 4.50. The van der Waals surface area contributed by atoms with E-state index in [0.717, 1.165) is 15.2 Å². The number of carbonyl (C=O) groups is 1. The van der Waals surface area contributed by atoms with E-state index in [1.807, 2.05) is 31.2 Å². The quantitative estimate of drug-likeness (QED) is 0.844. The predicted octanol–water partition coefficient (Wildman–Crippen LogP) is 2.49. The zero-order valence-electron chi connectivity index (χ0n) is 8.65. The first-order valence-electron chi connectivity index (χ1n) is 4.79. The summed E-state index contributed by atoms with van der Waals surface area (Å²) in [6.45, 7) is 3.46. The fraction of sp³-hybridized carbons (Fsp3) is 0.273. The molecule has 0 radical (unpaired) electrons. The van der Waals surface area contributed by atoms with Crippen molar-refractivity contribution >= 4 is 27.5 Å². The number of nitrogens with zero attached hydrogens (tertiary/aromatic N) is 1. The first-order chi connectivity index (χ1) is 7.16. The summed E-state index contributed by atoms with van der Waals surface area (Å²) in [6, 6.07) is 7.97. The fourth-order valence-corrected chi connectivity index (χ4v) is 2.41. The number of carbonyl (C=O) groups excluding carboxylic acids is 1. The van der Waals surface area contributed by atoms with E-state index in [1.54, 1.807) is 11.3 Å². The Balaban J connectivity index is 2.32. The van der Waals surface area contributed by atoms with Crippen molar-refractivity contribution in [2.45, 2.75) is 19.9 Å². The molecule has 0 aliphatic heterocycles. The molecular formula is C11H12N2OS. The molecule has 0 bridgehead atoms. The van der Waals surface area contributed by atoms with Gasteiger partial charge in [0.25, 0.3) is 0 Å². The normalized spacial score (nSPS) is 12.7. The second-order valence-electron chi connectivity index (χ2n) is 3.44. The van der Waals surface area contributed by atoms with Crippen molar-refractivity contribution in [1.29, 1.82) is 0 Å². The van der Waals surface area contributed by atoms with Gasteiger partial charge in [-0.05, 0) is 19.1 Å². The van der Waals surface area contributed by atoms with E-state index >= 15 is 0 Å². The van der Waals surface area contributed by atoms with Crippen LogP contribution in [0.3, 0.4) is 0 Å². The average molecular weight is 220 g/mol. The summed E-state index contributed by atoms with van der Waals surface area (Å²) in [4.78, 5) is 15.4. The van der Waals surface area contributed by atoms with Crippen molar-refractivity contribution in [3.05, 3.63) is 29.3 Å². The Morgan fingerprint density at radius 2 is 2.20 bits per heavy atom. The van der Waals surface area contributed by atoms with Gasteiger partial charge in [-0.25, -0.2) is 4.98 Å². The van der Waals surface area contributed by atoms with Crippen LogP contribution in [0.15, 0.2) is 24.3 Å². The van der Waals surface area contributed by atoms with Gasteiger partial charge < -0.3 is 5.32 Å². The summed E-state index contributed by atoms with van der Waals surface area (Å²) in [5, 5.41) is 3.78. The summed E-state index contributed by atoms with van der Waals surface area (Å²) in [6.07, 6.45) is 0. The van der Waals surface area contributed by atoms with E-state index in [4.69, 9.17) is 0 Å². The van der Waals surface area contributed by atoms with Crippen LogP contribution in [0.5, 0.6) is 0 Å². The Morgan fingerprint density at radius 1 is 1.47 bits per heavy atom. The summed E-state index contributed by atoms with van der Waals surface area (Å²) in [5.74, 6) is -0.0262. The monoisotopic (exact) mass is 220 g/mol. The van der Waals surface area contributed by atoms with Crippen LogP contribution in [0, 0.1) is 0 Å². The molecule has 0 unspecified atom stereocenters. The smallest absolute Gasteiger partial charge is 0.217 e. The number of amides is 1. The minimum Gasteiger partial charge on any atom is -0.347 e. The molecule has 4 heteroatoms. The molecule has 15 heavy (non-hydrogen) atoms. The molecular weight excluding hydrogens is 208 g/mol. The number of fused-ring (bicyclic) bond motifs is 1. The number of rotatable bonds is 2. The molecule has 1 atom stereocenters. The van der Waals surface area contributed by atoms with E-state index in [2.05, 4.69) is 10.3 Å². The average Bonchev–Trinajstić information content (AvgIpc) is 2.59. The summed E-state index contributed by atoms with van der Waals surface area (Å²) >= 11 is 1.62. The van der Waals surface area contributed by atoms with Crippen molar-refractivity contribution in [2.24, 2.45) is 0 Å². The van der Waals surface area contributed by atoms with Crippen LogP contribution in [0.1, 0.15) is 24.9 Å². The van der Waals surface area contributed by atoms with Gasteiger partial charge >= 0.3 is 0 Å². The van der Waals surface area contributed by atoms with Crippen molar-refractivity contribution < 1.29 is 4.79 Å². The maximum atomic E-state index is 10.9. The van der Waals surface area contributed by atoms with Crippen molar-refractivity contribution in [2.75, 3.05) is 0 Å². The number of hydrogen-bond acceptors (Lipinski definition) is 3. The maximum absolute atomic E-state index is 10.9. The Kier molecular flexibility index (Phi) is 2.68. The molecule has 1 aromatic heterocycles. The van der Waals surface area contributed by atoms with E-state index in [-0.39, 0.29) is 11.9 Å². The number of thiazole rings is 1. The third-order valence-electron chi connectivity index (χ3n) is 2.10. The number of benzene rings is 1. The van der Waals surface area contributed by atoms with Crippen LogP contribution in [-0.2, 0) is 4.79 Å². The number of nitrogens with one attached hydrogen (secondary N) is 1. The predicted molar refractivity (Wildman–Crippen MR) is 61.9 cm³/mol. The molecule has 2 rings (SSSR count). The molecule has 0 aliphatic carbocycles. The highest BCUT2D eigenvalue weighted by molar-refractivity contribution is 7.18. The van der Waals surface area contributed by atoms with E-state index in [9.17, 15) is 4.79 Å². The third-order valence-corrected chi connectivity index (χ3v) is 3.32. The molecule has 2 aromatic rings. The zero-order valence-corrected chi connectivity index (χ0v) is 9.47. The van der Waals surface area contributed by atoms with Gasteiger partial charge in [0.15, 0.2) is 0 Å². The molecule has 3 nitrogen and oxygen atoms in total. The van der Waals surface area contributed by atoms with E-state index in [1.165, 1.54) is 6.92 Å². The minimum atomic E-state index is -0.0262. The van der Waals surface area contributed by atoms with Gasteiger partial charge in [0.1, 0.15) is 5.01 Å². The standard InChI is InChI=1S/C11H12N2OS/c1-7(12-8(2)14)11-13-9-5-3-4-6-10(9)15-11/h3-7H,1-2H3,(H,12,14)/t7-/m0/s1. The number of hydrogen-bond donors (Lipinski definition) is 1. The maximum Gasteiger partial charge on any atom is 0.217 e. The number of para-hydroxylation sites is 1. The van der Waals surface area contributed by atoms with Gasteiger partial charge in [-0.3, -0.25) is 4.79 Å². The fourth-order valence-electron chi connectivity index (χ4n) is 1.44. The van der Waals surface area contributed by atoms with Gasteiger partial charge in [0.2, 0.25) is 5.91 Å². The van der Waals surface area contributed by atoms with Gasteiger partial charge in [0.05, 0.1) is 16.3 Å². The lowest BCUT2D eigenvalue weighted by molar-refractivity contribution is -0.119. The highest BCUT2D eigenvalue weighted by atomic mass is 32.1. The van der Waals surface area contributed by atoms with Crippen molar-refractivity contribution in [1.82, 2.24) is 10.3 Å². The molecule has 0 saturated heterocycles. The lowest BCUT2D eigenvalue weighted by Gasteiger charge is -2.07. The second kappa shape index (κ2) is 3.98. The van der Waals surface area contributed by atoms with Gasteiger partial charge in [-0.1, -0.05) is 12.1 Å². The van der Waals surface area contributed by atoms with E-state index in [0.29, 0.717) is 0 Å². The Labute approximate surface area is 92.1 Å². The largest absolute Gasteiger partial charge is 0.347 e. The molecule has 0 fully saturated rings. The SMILES string of the molecule is CC(=O)N[C@@H](C)c1nc2ccccc2s1. The van der Waals surface area contributed by atoms with Crippen LogP contribution in [0.25, 0.3) is 10.2 Å². The van der Waals surface area contributed by atoms with Crippen LogP contribution >= 0.6 is 11.3 Å². The third kappa shape index (κ3) is 2.15. The molecule has 1 heterocycles. The lowest BCUT2D eigenvalue weighted by Crippen LogP contribution is -2.23. The molecule has 1 aromatic carbocycles. The lowest BCUT2D eigenvalue weighted by atomic mass is 10.3. The van der Waals surface area contributed by atoms with E-state index < -0.39 is 0 Å². The summed E-state index contributed by atoms with van der Waals surface area (Å²) < 4.78 is 1.16. The highest BCUT2D eigenvalue weighted by Gasteiger charge is 2.11. The molecule has 0 spiro atoms. The highest BCUT2D eigenvalue weighted by Crippen LogP contribution is 2.25. The Bertz CT molecular complexity index is 459. The Hall–Kier alpha value is -1.42. The van der Waals surface area contributed by atoms with Crippen molar-refractivity contribution in [3.8, 4) is 0 Å². The molecule has 0 aliphatic rings. The number of aromatic nitrogens is 1. The molecule has 1 amide bonds. The first-order valence-corrected chi connectivity index (χ1v) is 5.61. The topological polar surface area (TPSA) is 42.0 Å². The minimum absolute atomic E-state index is 0.0140. The molecule has 0 saturated carbocycles. The summed E-state index contributed by atoms with van der Waals surface area (Å²) in [5.41, 5.74) is 0.995. The van der Waals surface area contributed by atoms with Crippen LogP contribution in [-0.4, -0.2) is 10.9 Å². The zero-order chi connectivity index (χ0) is 10.8. The molecule has 78 valence electrons. The van der Waals surface area contributed by atoms with Gasteiger partial charge in [-0.15, -0.1) is 11.3 Å². The van der Waals surface area contributed by atoms with Crippen LogP contribution in [0.4, 0.5) is 0 Å². The van der Waals surface area contributed by atoms with Crippen LogP contribution < -0.4 is 5.32 Å². The summed E-state index contributed by atoms with van der Waals surface area (Å²) in [7, 11) is 0. The Morgan fingerprint density at radius 3 is 2.87 bits per heavy atom. The molecule has 1 N–H and O–H groups in total. The van der Waals surface area contributed by atoms with Gasteiger partial charge in [-0.2, -0.15) is 0 Å². The van der Waals surface area contributed by atoms with Crippen LogP contribution in [0.2, 0.25) is 0 Å². The van der Waals surface area contributed by atoms with Crippen molar-refractivity contribution in [3.63, 3.8) is 0 Å². The first kappa shape index (κ1) is 10.1.